The van der Waals surface area contributed by atoms with E-state index in [4.69, 9.17) is 5.14 Å². The summed E-state index contributed by atoms with van der Waals surface area (Å²) in [6.07, 6.45) is 2.23. The van der Waals surface area contributed by atoms with E-state index in [1.807, 2.05) is 4.72 Å². The van der Waals surface area contributed by atoms with E-state index in [0.29, 0.717) is 18.4 Å². The molecular formula is C18H16F3N5O4S2. The first kappa shape index (κ1) is 22.4. The molecule has 3 N–H and O–H groups in total. The lowest BCUT2D eigenvalue weighted by molar-refractivity contribution is -0.120. The van der Waals surface area contributed by atoms with Crippen LogP contribution in [0.25, 0.3) is 0 Å². The molecule has 170 valence electrons. The van der Waals surface area contributed by atoms with Crippen LogP contribution >= 0.6 is 11.8 Å². The first-order chi connectivity index (χ1) is 14.9. The van der Waals surface area contributed by atoms with Gasteiger partial charge in [0.15, 0.2) is 0 Å². The average molecular weight is 487 g/mol. The normalized spacial score (nSPS) is 17.9. The summed E-state index contributed by atoms with van der Waals surface area (Å²) in [6.45, 7) is 0.00486. The molecular weight excluding hydrogens is 471 g/mol. The van der Waals surface area contributed by atoms with Crippen molar-refractivity contribution in [2.24, 2.45) is 5.14 Å². The van der Waals surface area contributed by atoms with Crippen molar-refractivity contribution < 1.29 is 31.2 Å². The van der Waals surface area contributed by atoms with Gasteiger partial charge in [0.25, 0.3) is 16.1 Å². The molecule has 2 aliphatic rings. The van der Waals surface area contributed by atoms with Crippen LogP contribution in [0.15, 0.2) is 47.5 Å². The van der Waals surface area contributed by atoms with E-state index in [0.717, 1.165) is 4.90 Å². The summed E-state index contributed by atoms with van der Waals surface area (Å²) in [5, 5.41) is 4.94. The predicted octanol–water partition coefficient (Wildman–Crippen LogP) is 2.81. The molecule has 32 heavy (non-hydrogen) atoms. The van der Waals surface area contributed by atoms with Crippen LogP contribution in [0.5, 0.6) is 0 Å². The predicted molar refractivity (Wildman–Crippen MR) is 110 cm³/mol. The molecule has 0 unspecified atom stereocenters. The zero-order valence-electron chi connectivity index (χ0n) is 16.2. The number of anilines is 2. The van der Waals surface area contributed by atoms with Crippen LogP contribution in [0, 0.1) is 0 Å². The number of carbonyl (C=O) groups is 2. The maximum atomic E-state index is 13.1. The zero-order valence-corrected chi connectivity index (χ0v) is 17.8. The fourth-order valence-corrected chi connectivity index (χ4v) is 4.46. The summed E-state index contributed by atoms with van der Waals surface area (Å²) >= 11 is -0.289. The minimum absolute atomic E-state index is 0.00486. The second-order valence-electron chi connectivity index (χ2n) is 7.28. The molecule has 0 atom stereocenters. The Balaban J connectivity index is 1.57. The second kappa shape index (κ2) is 7.64. The fraction of sp³-hybridized carbons (Fsp3) is 0.278. The lowest BCUT2D eigenvalue weighted by Gasteiger charge is -2.21. The molecule has 1 aromatic heterocycles. The van der Waals surface area contributed by atoms with Crippen molar-refractivity contribution in [2.45, 2.75) is 35.3 Å². The molecule has 1 saturated heterocycles. The Kier molecular flexibility index (Phi) is 5.33. The van der Waals surface area contributed by atoms with Gasteiger partial charge in [0.1, 0.15) is 11.4 Å². The van der Waals surface area contributed by atoms with E-state index in [2.05, 4.69) is 4.98 Å². The van der Waals surface area contributed by atoms with Gasteiger partial charge in [-0.2, -0.15) is 21.6 Å². The number of alkyl halides is 3. The number of halogens is 3. The Bertz CT molecular complexity index is 1180. The number of benzene rings is 1. The minimum atomic E-state index is -4.45. The largest absolute Gasteiger partial charge is 0.446 e. The molecule has 1 saturated carbocycles. The molecule has 2 aromatic rings. The van der Waals surface area contributed by atoms with Gasteiger partial charge in [-0.05, 0) is 66.6 Å². The van der Waals surface area contributed by atoms with Gasteiger partial charge < -0.3 is 4.90 Å². The fourth-order valence-electron chi connectivity index (χ4n) is 3.52. The maximum Gasteiger partial charge on any atom is 0.446 e. The van der Waals surface area contributed by atoms with Crippen LogP contribution in [-0.2, 0) is 21.5 Å². The number of nitrogens with one attached hydrogen (secondary N) is 1. The van der Waals surface area contributed by atoms with Crippen LogP contribution in [0.3, 0.4) is 0 Å². The molecule has 3 amide bonds. The number of pyridine rings is 1. The smallest absolute Gasteiger partial charge is 0.305 e. The average Bonchev–Trinajstić information content (AvgIpc) is 3.43. The number of nitrogens with two attached hydrogens (primary N) is 1. The van der Waals surface area contributed by atoms with Crippen molar-refractivity contribution in [3.63, 3.8) is 0 Å². The van der Waals surface area contributed by atoms with Crippen molar-refractivity contribution in [1.82, 2.24) is 9.88 Å². The zero-order chi connectivity index (χ0) is 23.3. The van der Waals surface area contributed by atoms with E-state index >= 15 is 0 Å². The quantitative estimate of drug-likeness (QED) is 0.477. The van der Waals surface area contributed by atoms with E-state index in [9.17, 15) is 31.2 Å². The van der Waals surface area contributed by atoms with Gasteiger partial charge in [0.05, 0.1) is 5.69 Å². The third kappa shape index (κ3) is 4.52. The van der Waals surface area contributed by atoms with E-state index in [1.54, 1.807) is 6.07 Å². The molecule has 4 rings (SSSR count). The highest BCUT2D eigenvalue weighted by Crippen LogP contribution is 2.50. The molecule has 1 spiro atoms. The second-order valence-corrected chi connectivity index (χ2v) is 9.71. The topological polar surface area (TPSA) is 126 Å². The Labute approximate surface area is 184 Å². The molecule has 2 heterocycles. The molecule has 9 nitrogen and oxygen atoms in total. The molecule has 1 aliphatic carbocycles. The van der Waals surface area contributed by atoms with Crippen molar-refractivity contribution in [2.75, 3.05) is 9.62 Å². The van der Waals surface area contributed by atoms with Gasteiger partial charge >= 0.3 is 11.5 Å². The molecule has 1 aliphatic heterocycles. The molecule has 1 aromatic carbocycles. The minimum Gasteiger partial charge on any atom is -0.305 e. The summed E-state index contributed by atoms with van der Waals surface area (Å²) in [6, 6.07) is 7.34. The van der Waals surface area contributed by atoms with Gasteiger partial charge in [0, 0.05) is 17.6 Å². The highest BCUT2D eigenvalue weighted by atomic mass is 32.2. The Morgan fingerprint density at radius 1 is 1.16 bits per heavy atom. The highest BCUT2D eigenvalue weighted by Gasteiger charge is 2.65. The van der Waals surface area contributed by atoms with Crippen LogP contribution in [0.1, 0.15) is 18.4 Å². The van der Waals surface area contributed by atoms with Crippen LogP contribution in [0.4, 0.5) is 29.5 Å². The third-order valence-corrected chi connectivity index (χ3v) is 6.24. The van der Waals surface area contributed by atoms with Crippen LogP contribution in [-0.4, -0.2) is 41.3 Å². The number of imide groups is 1. The summed E-state index contributed by atoms with van der Waals surface area (Å²) in [5.74, 6) is -0.488. The van der Waals surface area contributed by atoms with Crippen LogP contribution in [0.2, 0.25) is 0 Å². The third-order valence-electron chi connectivity index (χ3n) is 5.00. The number of rotatable bonds is 6. The standard InChI is InChI=1S/C18H16F3N5O4S2/c19-18(20,21)31-13-3-1-12(2-4-13)26-15(27)17(6-7-17)25(16(26)28)10-11-5-8-23-14(9-11)24-32(22,29)30/h1-5,8-9H,6-7,10H2,(H,23,24)(H2,22,29,30). The first-order valence-electron chi connectivity index (χ1n) is 9.15. The SMILES string of the molecule is NS(=O)(=O)Nc1cc(CN2C(=O)N(c3ccc(SC(F)(F)F)cc3)C(=O)C23CC3)ccn1. The van der Waals surface area contributed by atoms with E-state index in [1.165, 1.54) is 41.4 Å². The Morgan fingerprint density at radius 2 is 1.81 bits per heavy atom. The van der Waals surface area contributed by atoms with Crippen molar-refractivity contribution in [3.8, 4) is 0 Å². The van der Waals surface area contributed by atoms with Gasteiger partial charge in [-0.25, -0.2) is 19.8 Å². The monoisotopic (exact) mass is 487 g/mol. The molecule has 14 heteroatoms. The van der Waals surface area contributed by atoms with Gasteiger partial charge in [-0.3, -0.25) is 9.52 Å². The molecule has 2 fully saturated rings. The van der Waals surface area contributed by atoms with Crippen molar-refractivity contribution >= 4 is 45.4 Å². The van der Waals surface area contributed by atoms with E-state index in [-0.39, 0.29) is 34.7 Å². The number of hydrogen-bond donors (Lipinski definition) is 2. The maximum absolute atomic E-state index is 13.1. The number of thioether (sulfide) groups is 1. The Morgan fingerprint density at radius 3 is 2.38 bits per heavy atom. The molecule has 0 radical (unpaired) electrons. The number of nitrogens with zero attached hydrogens (tertiary/aromatic N) is 3. The number of amides is 3. The number of carbonyl (C=O) groups excluding carboxylic acids is 2. The van der Waals surface area contributed by atoms with Crippen LogP contribution < -0.4 is 14.8 Å². The van der Waals surface area contributed by atoms with Gasteiger partial charge in [-0.1, -0.05) is 0 Å². The lowest BCUT2D eigenvalue weighted by Crippen LogP contribution is -2.36. The highest BCUT2D eigenvalue weighted by molar-refractivity contribution is 8.00. The summed E-state index contributed by atoms with van der Waals surface area (Å²) in [7, 11) is -4.04. The molecule has 0 bridgehead atoms. The first-order valence-corrected chi connectivity index (χ1v) is 11.5. The summed E-state index contributed by atoms with van der Waals surface area (Å²) < 4.78 is 62.1. The Hall–Kier alpha value is -2.84. The van der Waals surface area contributed by atoms with Gasteiger partial charge in [-0.15, -0.1) is 0 Å². The summed E-state index contributed by atoms with van der Waals surface area (Å²) in [4.78, 5) is 32.2. The van der Waals surface area contributed by atoms with Gasteiger partial charge in [0.2, 0.25) is 0 Å². The lowest BCUT2D eigenvalue weighted by atomic mass is 10.2. The van der Waals surface area contributed by atoms with E-state index < -0.39 is 33.2 Å². The number of aromatic nitrogens is 1. The van der Waals surface area contributed by atoms with Crippen molar-refractivity contribution in [3.05, 3.63) is 48.2 Å². The van der Waals surface area contributed by atoms with Crippen molar-refractivity contribution in [1.29, 1.82) is 0 Å². The number of hydrogen-bond acceptors (Lipinski definition) is 6. The number of urea groups is 1. The summed E-state index contributed by atoms with van der Waals surface area (Å²) in [5.41, 5.74) is -4.78.